The van der Waals surface area contributed by atoms with Gasteiger partial charge in [-0.1, -0.05) is 28.9 Å². The monoisotopic (exact) mass is 401 g/mol. The first kappa shape index (κ1) is 21.1. The third-order valence-electron chi connectivity index (χ3n) is 3.64. The van der Waals surface area contributed by atoms with Crippen LogP contribution in [0.1, 0.15) is 25.0 Å². The molecule has 28 heavy (non-hydrogen) atoms. The Morgan fingerprint density at radius 3 is 2.82 bits per heavy atom. The Labute approximate surface area is 168 Å². The Balaban J connectivity index is 2.03. The third kappa shape index (κ3) is 5.38. The van der Waals surface area contributed by atoms with Crippen LogP contribution in [-0.4, -0.2) is 31.9 Å². The van der Waals surface area contributed by atoms with E-state index in [-0.39, 0.29) is 0 Å². The highest BCUT2D eigenvalue weighted by atomic mass is 35.5. The van der Waals surface area contributed by atoms with Gasteiger partial charge in [-0.25, -0.2) is 0 Å². The van der Waals surface area contributed by atoms with Crippen molar-refractivity contribution in [3.05, 3.63) is 52.5 Å². The number of ether oxygens (including phenoxy) is 2. The Hall–Kier alpha value is -3.24. The van der Waals surface area contributed by atoms with Crippen molar-refractivity contribution in [1.82, 2.24) is 0 Å². The molecule has 0 aliphatic rings. The van der Waals surface area contributed by atoms with Crippen LogP contribution in [0.2, 0.25) is 5.02 Å². The van der Waals surface area contributed by atoms with E-state index in [0.29, 0.717) is 39.9 Å². The summed E-state index contributed by atoms with van der Waals surface area (Å²) in [5, 5.41) is 15.9. The van der Waals surface area contributed by atoms with Crippen LogP contribution < -0.4 is 14.8 Å². The lowest BCUT2D eigenvalue weighted by Crippen LogP contribution is -2.26. The molecule has 0 fully saturated rings. The number of methoxy groups -OCH3 is 1. The minimum Gasteiger partial charge on any atom is -0.493 e. The van der Waals surface area contributed by atoms with Gasteiger partial charge in [-0.2, -0.15) is 5.26 Å². The van der Waals surface area contributed by atoms with Crippen LogP contribution in [0.5, 0.6) is 11.5 Å². The summed E-state index contributed by atoms with van der Waals surface area (Å²) in [6.45, 7) is 3.85. The van der Waals surface area contributed by atoms with Gasteiger partial charge in [-0.3, -0.25) is 4.79 Å². The topological polar surface area (TPSA) is 92.9 Å². The van der Waals surface area contributed by atoms with Crippen LogP contribution in [0.15, 0.2) is 41.6 Å². The number of carbonyl (C=O) groups is 1. The van der Waals surface area contributed by atoms with E-state index in [1.807, 2.05) is 13.0 Å². The molecule has 0 bridgehead atoms. The van der Waals surface area contributed by atoms with E-state index in [2.05, 4.69) is 10.5 Å². The van der Waals surface area contributed by atoms with E-state index in [0.717, 1.165) is 0 Å². The van der Waals surface area contributed by atoms with Gasteiger partial charge in [0.1, 0.15) is 6.07 Å². The lowest BCUT2D eigenvalue weighted by Gasteiger charge is -2.12. The molecule has 1 N–H and O–H groups in total. The van der Waals surface area contributed by atoms with E-state index in [1.165, 1.54) is 13.3 Å². The maximum Gasteiger partial charge on any atom is 0.268 e. The van der Waals surface area contributed by atoms with Crippen molar-refractivity contribution in [2.45, 2.75) is 20.0 Å². The largest absolute Gasteiger partial charge is 0.493 e. The second kappa shape index (κ2) is 10.2. The third-order valence-corrected chi connectivity index (χ3v) is 3.92. The van der Waals surface area contributed by atoms with Crippen LogP contribution in [0.4, 0.5) is 5.69 Å². The number of anilines is 1. The number of carbonyl (C=O) groups excluding carboxylic acids is 1. The van der Waals surface area contributed by atoms with Gasteiger partial charge in [0.2, 0.25) is 6.10 Å². The molecule has 1 atom stereocenters. The molecule has 7 nitrogen and oxygen atoms in total. The average Bonchev–Trinajstić information content (AvgIpc) is 2.70. The second-order valence-electron chi connectivity index (χ2n) is 5.60. The first-order valence-corrected chi connectivity index (χ1v) is 8.87. The fourth-order valence-electron chi connectivity index (χ4n) is 2.25. The number of halogens is 1. The van der Waals surface area contributed by atoms with E-state index in [4.69, 9.17) is 31.2 Å². The highest BCUT2D eigenvalue weighted by Crippen LogP contribution is 2.36. The molecule has 2 aromatic carbocycles. The number of nitrogens with zero attached hydrogens (tertiary/aromatic N) is 2. The van der Waals surface area contributed by atoms with E-state index < -0.39 is 12.0 Å². The van der Waals surface area contributed by atoms with Gasteiger partial charge in [0.15, 0.2) is 11.5 Å². The summed E-state index contributed by atoms with van der Waals surface area (Å²) in [6, 6.07) is 12.1. The molecule has 0 aliphatic heterocycles. The lowest BCUT2D eigenvalue weighted by atomic mass is 10.2. The van der Waals surface area contributed by atoms with Crippen LogP contribution in [0.3, 0.4) is 0 Å². The van der Waals surface area contributed by atoms with E-state index in [1.54, 1.807) is 43.3 Å². The van der Waals surface area contributed by atoms with Gasteiger partial charge in [-0.05, 0) is 38.1 Å². The molecule has 0 spiro atoms. The van der Waals surface area contributed by atoms with Gasteiger partial charge < -0.3 is 19.6 Å². The quantitative estimate of drug-likeness (QED) is 0.533. The van der Waals surface area contributed by atoms with Gasteiger partial charge in [0.05, 0.1) is 36.2 Å². The van der Waals surface area contributed by atoms with Crippen LogP contribution in [-0.2, 0) is 9.63 Å². The number of oxime groups is 1. The number of nitriles is 1. The zero-order chi connectivity index (χ0) is 20.5. The predicted octanol–water partition coefficient (Wildman–Crippen LogP) is 4.00. The number of amides is 1. The van der Waals surface area contributed by atoms with Crippen LogP contribution in [0.25, 0.3) is 0 Å². The fraction of sp³-hybridized carbons (Fsp3) is 0.250. The minimum atomic E-state index is -0.872. The van der Waals surface area contributed by atoms with Crippen LogP contribution >= 0.6 is 11.6 Å². The summed E-state index contributed by atoms with van der Waals surface area (Å²) in [4.78, 5) is 17.4. The molecule has 0 aromatic heterocycles. The number of benzene rings is 2. The van der Waals surface area contributed by atoms with Crippen molar-refractivity contribution < 1.29 is 19.1 Å². The molecule has 146 valence electrons. The summed E-state index contributed by atoms with van der Waals surface area (Å²) in [5.41, 5.74) is 1.40. The van der Waals surface area contributed by atoms with Crippen molar-refractivity contribution in [3.8, 4) is 17.6 Å². The van der Waals surface area contributed by atoms with E-state index in [9.17, 15) is 4.79 Å². The molecule has 0 heterocycles. The van der Waals surface area contributed by atoms with Crippen molar-refractivity contribution in [3.63, 3.8) is 0 Å². The Kier molecular flexibility index (Phi) is 7.66. The summed E-state index contributed by atoms with van der Waals surface area (Å²) < 4.78 is 10.7. The number of hydrogen-bond donors (Lipinski definition) is 1. The lowest BCUT2D eigenvalue weighted by molar-refractivity contribution is -0.126. The molecule has 0 radical (unpaired) electrons. The van der Waals surface area contributed by atoms with E-state index >= 15 is 0 Å². The number of nitrogens with one attached hydrogen (secondary N) is 1. The highest BCUT2D eigenvalue weighted by Gasteiger charge is 2.16. The minimum absolute atomic E-state index is 0.364. The number of hydrogen-bond acceptors (Lipinski definition) is 6. The Bertz CT molecular complexity index is 909. The van der Waals surface area contributed by atoms with Crippen molar-refractivity contribution in [2.75, 3.05) is 19.0 Å². The van der Waals surface area contributed by atoms with Crippen molar-refractivity contribution in [1.29, 1.82) is 5.26 Å². The SMILES string of the molecule is CCOc1c(Cl)cc(/C=N\O[C@@H](C)C(=O)Nc2ccccc2C#N)cc1OC. The van der Waals surface area contributed by atoms with Gasteiger partial charge in [0, 0.05) is 5.56 Å². The zero-order valence-corrected chi connectivity index (χ0v) is 16.5. The highest BCUT2D eigenvalue weighted by molar-refractivity contribution is 6.32. The average molecular weight is 402 g/mol. The van der Waals surface area contributed by atoms with Gasteiger partial charge >= 0.3 is 0 Å². The smallest absolute Gasteiger partial charge is 0.268 e. The standard InChI is InChI=1S/C20H20ClN3O4/c1-4-27-19-16(21)9-14(10-18(19)26-3)12-23-28-13(2)20(25)24-17-8-6-5-7-15(17)11-22/h5-10,12-13H,4H2,1-3H3,(H,24,25)/b23-12-/t13-/m0/s1. The molecule has 8 heteroatoms. The summed E-state index contributed by atoms with van der Waals surface area (Å²) in [5.74, 6) is 0.491. The van der Waals surface area contributed by atoms with Gasteiger partial charge in [-0.15, -0.1) is 0 Å². The Morgan fingerprint density at radius 2 is 2.14 bits per heavy atom. The first-order valence-electron chi connectivity index (χ1n) is 8.49. The second-order valence-corrected chi connectivity index (χ2v) is 6.00. The molecule has 2 aromatic rings. The molecule has 0 unspecified atom stereocenters. The molecule has 0 saturated heterocycles. The van der Waals surface area contributed by atoms with Crippen LogP contribution in [0, 0.1) is 11.3 Å². The fourth-order valence-corrected chi connectivity index (χ4v) is 2.53. The molecule has 2 rings (SSSR count). The maximum atomic E-state index is 12.2. The Morgan fingerprint density at radius 1 is 1.39 bits per heavy atom. The molecular weight excluding hydrogens is 382 g/mol. The van der Waals surface area contributed by atoms with Gasteiger partial charge in [0.25, 0.3) is 5.91 Å². The molecule has 1 amide bonds. The maximum absolute atomic E-state index is 12.2. The summed E-state index contributed by atoms with van der Waals surface area (Å²) >= 11 is 6.20. The first-order chi connectivity index (χ1) is 13.5. The number of para-hydroxylation sites is 1. The predicted molar refractivity (Wildman–Crippen MR) is 107 cm³/mol. The zero-order valence-electron chi connectivity index (χ0n) is 15.7. The number of rotatable bonds is 8. The van der Waals surface area contributed by atoms with Crippen molar-refractivity contribution in [2.24, 2.45) is 5.16 Å². The molecular formula is C20H20ClN3O4. The summed E-state index contributed by atoms with van der Waals surface area (Å²) in [7, 11) is 1.51. The normalized spacial score (nSPS) is 11.5. The molecule has 0 aliphatic carbocycles. The summed E-state index contributed by atoms with van der Waals surface area (Å²) in [6.07, 6.45) is 0.542. The van der Waals surface area contributed by atoms with Crippen molar-refractivity contribution >= 4 is 29.4 Å². The molecule has 0 saturated carbocycles.